The van der Waals surface area contributed by atoms with Gasteiger partial charge in [0, 0.05) is 12.4 Å². The maximum Gasteiger partial charge on any atom is 0.255 e. The Hall–Kier alpha value is -3.02. The summed E-state index contributed by atoms with van der Waals surface area (Å²) in [5.74, 6) is -0.647. The molecule has 24 heavy (non-hydrogen) atoms. The molecular weight excluding hydrogens is 307 g/mol. The number of benzene rings is 1. The molecule has 1 aromatic carbocycles. The predicted molar refractivity (Wildman–Crippen MR) is 88.4 cm³/mol. The highest BCUT2D eigenvalue weighted by Crippen LogP contribution is 2.18. The minimum Gasteiger partial charge on any atom is -0.345 e. The van der Waals surface area contributed by atoms with Crippen LogP contribution in [0.5, 0.6) is 0 Å². The summed E-state index contributed by atoms with van der Waals surface area (Å²) in [6.07, 6.45) is 4.84. The molecule has 0 aliphatic carbocycles. The zero-order valence-electron chi connectivity index (χ0n) is 13.4. The van der Waals surface area contributed by atoms with E-state index in [-0.39, 0.29) is 17.8 Å². The van der Waals surface area contributed by atoms with Gasteiger partial charge in [-0.1, -0.05) is 18.2 Å². The van der Waals surface area contributed by atoms with Crippen LogP contribution in [0.4, 0.5) is 4.39 Å². The molecular formula is C18H17FN4O. The first-order chi connectivity index (χ1) is 11.6. The first kappa shape index (κ1) is 15.9. The van der Waals surface area contributed by atoms with E-state index in [1.165, 1.54) is 16.9 Å². The third kappa shape index (κ3) is 3.03. The summed E-state index contributed by atoms with van der Waals surface area (Å²) in [6, 6.07) is 9.84. The summed E-state index contributed by atoms with van der Waals surface area (Å²) in [7, 11) is 0. The molecule has 6 heteroatoms. The molecule has 5 nitrogen and oxygen atoms in total. The molecule has 2 heterocycles. The Morgan fingerprint density at radius 2 is 2.00 bits per heavy atom. The minimum atomic E-state index is -0.389. The number of hydrogen-bond donors (Lipinski definition) is 1. The van der Waals surface area contributed by atoms with Gasteiger partial charge in [-0.3, -0.25) is 9.78 Å². The zero-order valence-corrected chi connectivity index (χ0v) is 13.4. The van der Waals surface area contributed by atoms with Gasteiger partial charge in [-0.05, 0) is 37.6 Å². The highest BCUT2D eigenvalue weighted by atomic mass is 19.1. The molecule has 1 atom stereocenters. The van der Waals surface area contributed by atoms with Crippen molar-refractivity contribution in [2.45, 2.75) is 19.9 Å². The Balaban J connectivity index is 1.83. The van der Waals surface area contributed by atoms with Crippen LogP contribution in [0.15, 0.2) is 55.0 Å². The number of nitrogens with one attached hydrogen (secondary N) is 1. The van der Waals surface area contributed by atoms with Crippen LogP contribution >= 0.6 is 0 Å². The first-order valence-corrected chi connectivity index (χ1v) is 7.58. The molecule has 3 rings (SSSR count). The van der Waals surface area contributed by atoms with Gasteiger partial charge in [0.2, 0.25) is 0 Å². The second-order valence-electron chi connectivity index (χ2n) is 5.49. The van der Waals surface area contributed by atoms with Crippen LogP contribution in [0, 0.1) is 12.7 Å². The summed E-state index contributed by atoms with van der Waals surface area (Å²) >= 11 is 0. The Morgan fingerprint density at radius 1 is 1.21 bits per heavy atom. The number of rotatable bonds is 4. The van der Waals surface area contributed by atoms with Crippen molar-refractivity contribution in [2.75, 3.05) is 0 Å². The predicted octanol–water partition coefficient (Wildman–Crippen LogP) is 3.21. The molecule has 0 bridgehead atoms. The Labute approximate surface area is 139 Å². The van der Waals surface area contributed by atoms with Gasteiger partial charge in [-0.15, -0.1) is 0 Å². The number of para-hydroxylation sites is 1. The van der Waals surface area contributed by atoms with Crippen molar-refractivity contribution >= 4 is 5.91 Å². The Kier molecular flexibility index (Phi) is 4.37. The normalized spacial score (nSPS) is 12.0. The maximum absolute atomic E-state index is 13.9. The molecule has 0 aliphatic rings. The molecule has 1 unspecified atom stereocenters. The van der Waals surface area contributed by atoms with Gasteiger partial charge in [0.1, 0.15) is 11.5 Å². The molecule has 1 N–H and O–H groups in total. The van der Waals surface area contributed by atoms with Crippen molar-refractivity contribution in [1.29, 1.82) is 0 Å². The standard InChI is InChI=1S/C18H17FN4O/c1-12(14-6-5-9-20-10-14)22-18(24)15-11-21-23(13(15)2)17-8-4-3-7-16(17)19/h3-12H,1-2H3,(H,22,24). The molecule has 0 spiro atoms. The van der Waals surface area contributed by atoms with Gasteiger partial charge in [-0.2, -0.15) is 5.10 Å². The number of aromatic nitrogens is 3. The zero-order chi connectivity index (χ0) is 17.1. The van der Waals surface area contributed by atoms with Crippen LogP contribution in [0.2, 0.25) is 0 Å². The van der Waals surface area contributed by atoms with Gasteiger partial charge in [0.25, 0.3) is 5.91 Å². The van der Waals surface area contributed by atoms with E-state index in [0.717, 1.165) is 5.56 Å². The van der Waals surface area contributed by atoms with Crippen LogP contribution in [-0.2, 0) is 0 Å². The van der Waals surface area contributed by atoms with Crippen LogP contribution in [0.1, 0.15) is 34.6 Å². The lowest BCUT2D eigenvalue weighted by Crippen LogP contribution is -2.27. The van der Waals surface area contributed by atoms with Crippen LogP contribution in [0.3, 0.4) is 0 Å². The lowest BCUT2D eigenvalue weighted by molar-refractivity contribution is 0.0939. The molecule has 122 valence electrons. The van der Waals surface area contributed by atoms with E-state index < -0.39 is 0 Å². The fraction of sp³-hybridized carbons (Fsp3) is 0.167. The van der Waals surface area contributed by atoms with Crippen molar-refractivity contribution in [3.63, 3.8) is 0 Å². The van der Waals surface area contributed by atoms with Crippen LogP contribution < -0.4 is 5.32 Å². The Bertz CT molecular complexity index is 860. The number of halogens is 1. The van der Waals surface area contributed by atoms with E-state index in [1.54, 1.807) is 37.5 Å². The molecule has 3 aromatic rings. The fourth-order valence-electron chi connectivity index (χ4n) is 2.49. The maximum atomic E-state index is 13.9. The molecule has 2 aromatic heterocycles. The summed E-state index contributed by atoms with van der Waals surface area (Å²) in [5.41, 5.74) is 2.21. The van der Waals surface area contributed by atoms with E-state index in [9.17, 15) is 9.18 Å². The molecule has 0 saturated heterocycles. The molecule has 0 saturated carbocycles. The highest BCUT2D eigenvalue weighted by Gasteiger charge is 2.18. The number of carbonyl (C=O) groups excluding carboxylic acids is 1. The van der Waals surface area contributed by atoms with Gasteiger partial charge in [-0.25, -0.2) is 9.07 Å². The van der Waals surface area contributed by atoms with Crippen LogP contribution in [0.25, 0.3) is 5.69 Å². The van der Waals surface area contributed by atoms with Gasteiger partial charge >= 0.3 is 0 Å². The van der Waals surface area contributed by atoms with E-state index in [4.69, 9.17) is 0 Å². The largest absolute Gasteiger partial charge is 0.345 e. The van der Waals surface area contributed by atoms with Gasteiger partial charge in [0.05, 0.1) is 23.5 Å². The molecule has 0 radical (unpaired) electrons. The lowest BCUT2D eigenvalue weighted by Gasteiger charge is -2.13. The van der Waals surface area contributed by atoms with E-state index in [0.29, 0.717) is 16.9 Å². The second kappa shape index (κ2) is 6.62. The van der Waals surface area contributed by atoms with Crippen molar-refractivity contribution in [2.24, 2.45) is 0 Å². The Morgan fingerprint density at radius 3 is 2.71 bits per heavy atom. The number of carbonyl (C=O) groups is 1. The van der Waals surface area contributed by atoms with E-state index >= 15 is 0 Å². The molecule has 1 amide bonds. The third-order valence-corrected chi connectivity index (χ3v) is 3.87. The van der Waals surface area contributed by atoms with Gasteiger partial charge in [0.15, 0.2) is 0 Å². The number of nitrogens with zero attached hydrogens (tertiary/aromatic N) is 3. The van der Waals surface area contributed by atoms with E-state index in [1.807, 2.05) is 19.1 Å². The van der Waals surface area contributed by atoms with Gasteiger partial charge < -0.3 is 5.32 Å². The molecule has 0 aliphatic heterocycles. The average molecular weight is 324 g/mol. The van der Waals surface area contributed by atoms with E-state index in [2.05, 4.69) is 15.4 Å². The summed E-state index contributed by atoms with van der Waals surface area (Å²) in [4.78, 5) is 16.5. The monoisotopic (exact) mass is 324 g/mol. The third-order valence-electron chi connectivity index (χ3n) is 3.87. The fourth-order valence-corrected chi connectivity index (χ4v) is 2.49. The van der Waals surface area contributed by atoms with Crippen molar-refractivity contribution in [3.05, 3.63) is 77.6 Å². The topological polar surface area (TPSA) is 59.8 Å². The lowest BCUT2D eigenvalue weighted by atomic mass is 10.1. The number of pyridine rings is 1. The first-order valence-electron chi connectivity index (χ1n) is 7.58. The summed E-state index contributed by atoms with van der Waals surface area (Å²) in [5, 5.41) is 7.06. The second-order valence-corrected chi connectivity index (χ2v) is 5.49. The van der Waals surface area contributed by atoms with Crippen LogP contribution in [-0.4, -0.2) is 20.7 Å². The highest BCUT2D eigenvalue weighted by molar-refractivity contribution is 5.95. The number of hydrogen-bond acceptors (Lipinski definition) is 3. The average Bonchev–Trinajstić information content (AvgIpc) is 2.97. The molecule has 0 fully saturated rings. The van der Waals surface area contributed by atoms with Crippen molar-refractivity contribution < 1.29 is 9.18 Å². The smallest absolute Gasteiger partial charge is 0.255 e. The SMILES string of the molecule is Cc1c(C(=O)NC(C)c2cccnc2)cnn1-c1ccccc1F. The van der Waals surface area contributed by atoms with Crippen molar-refractivity contribution in [3.8, 4) is 5.69 Å². The quantitative estimate of drug-likeness (QED) is 0.802. The number of amides is 1. The summed E-state index contributed by atoms with van der Waals surface area (Å²) < 4.78 is 15.4. The summed E-state index contributed by atoms with van der Waals surface area (Å²) in [6.45, 7) is 3.62. The minimum absolute atomic E-state index is 0.192. The van der Waals surface area contributed by atoms with Crippen molar-refractivity contribution in [1.82, 2.24) is 20.1 Å².